The van der Waals surface area contributed by atoms with Crippen LogP contribution >= 0.6 is 11.3 Å². The fourth-order valence-electron chi connectivity index (χ4n) is 1.70. The molecule has 1 aromatic carbocycles. The monoisotopic (exact) mass is 322 g/mol. The fraction of sp³-hybridized carbons (Fsp3) is 0.267. The quantitative estimate of drug-likeness (QED) is 0.828. The molecule has 1 N–H and O–H groups in total. The Morgan fingerprint density at radius 3 is 2.73 bits per heavy atom. The van der Waals surface area contributed by atoms with Crippen LogP contribution in [0.15, 0.2) is 29.6 Å². The SMILES string of the molecule is CC(=O)OCC(=O)NCCc1csc(-c2ccc(F)cc2)n1. The molecule has 22 heavy (non-hydrogen) atoms. The molecule has 0 saturated heterocycles. The molecule has 0 spiro atoms. The first kappa shape index (κ1) is 16.1. The van der Waals surface area contributed by atoms with Gasteiger partial charge < -0.3 is 10.1 Å². The minimum absolute atomic E-state index is 0.271. The van der Waals surface area contributed by atoms with E-state index in [1.165, 1.54) is 30.4 Å². The highest BCUT2D eigenvalue weighted by Crippen LogP contribution is 2.23. The summed E-state index contributed by atoms with van der Waals surface area (Å²) in [5.74, 6) is -1.11. The van der Waals surface area contributed by atoms with Crippen LogP contribution in [0.1, 0.15) is 12.6 Å². The zero-order chi connectivity index (χ0) is 15.9. The second-order valence-electron chi connectivity index (χ2n) is 4.53. The van der Waals surface area contributed by atoms with Crippen LogP contribution in [-0.4, -0.2) is 30.0 Å². The molecule has 0 aliphatic rings. The lowest BCUT2D eigenvalue weighted by Crippen LogP contribution is -2.30. The Bertz CT molecular complexity index is 655. The number of ether oxygens (including phenoxy) is 1. The summed E-state index contributed by atoms with van der Waals surface area (Å²) in [6, 6.07) is 6.15. The average molecular weight is 322 g/mol. The highest BCUT2D eigenvalue weighted by molar-refractivity contribution is 7.13. The van der Waals surface area contributed by atoms with Crippen LogP contribution in [0.4, 0.5) is 4.39 Å². The third-order valence-corrected chi connectivity index (χ3v) is 3.69. The minimum atomic E-state index is -0.487. The van der Waals surface area contributed by atoms with Gasteiger partial charge in [0, 0.05) is 30.8 Å². The summed E-state index contributed by atoms with van der Waals surface area (Å²) in [4.78, 5) is 26.4. The van der Waals surface area contributed by atoms with Crippen molar-refractivity contribution in [3.63, 3.8) is 0 Å². The number of hydrogen-bond donors (Lipinski definition) is 1. The highest BCUT2D eigenvalue weighted by atomic mass is 32.1. The first-order valence-corrected chi connectivity index (χ1v) is 7.53. The summed E-state index contributed by atoms with van der Waals surface area (Å²) in [7, 11) is 0. The summed E-state index contributed by atoms with van der Waals surface area (Å²) in [6.45, 7) is 1.39. The van der Waals surface area contributed by atoms with Gasteiger partial charge in [-0.3, -0.25) is 9.59 Å². The molecule has 0 radical (unpaired) electrons. The van der Waals surface area contributed by atoms with Gasteiger partial charge in [-0.2, -0.15) is 0 Å². The lowest BCUT2D eigenvalue weighted by Gasteiger charge is -2.03. The lowest BCUT2D eigenvalue weighted by atomic mass is 10.2. The van der Waals surface area contributed by atoms with E-state index in [4.69, 9.17) is 0 Å². The summed E-state index contributed by atoms with van der Waals surface area (Å²) < 4.78 is 17.5. The first-order chi connectivity index (χ1) is 10.5. The maximum absolute atomic E-state index is 12.9. The van der Waals surface area contributed by atoms with Crippen molar-refractivity contribution in [1.82, 2.24) is 10.3 Å². The molecule has 1 heterocycles. The smallest absolute Gasteiger partial charge is 0.303 e. The topological polar surface area (TPSA) is 68.3 Å². The van der Waals surface area contributed by atoms with Gasteiger partial charge in [-0.25, -0.2) is 9.37 Å². The molecule has 0 bridgehead atoms. The molecule has 2 rings (SSSR count). The number of amides is 1. The largest absolute Gasteiger partial charge is 0.456 e. The first-order valence-electron chi connectivity index (χ1n) is 6.65. The van der Waals surface area contributed by atoms with Gasteiger partial charge in [-0.1, -0.05) is 0 Å². The predicted molar refractivity (Wildman–Crippen MR) is 80.9 cm³/mol. The molecule has 7 heteroatoms. The van der Waals surface area contributed by atoms with Crippen molar-refractivity contribution in [2.24, 2.45) is 0 Å². The number of benzene rings is 1. The number of hydrogen-bond acceptors (Lipinski definition) is 5. The predicted octanol–water partition coefficient (Wildman–Crippen LogP) is 2.17. The van der Waals surface area contributed by atoms with Gasteiger partial charge in [0.25, 0.3) is 5.91 Å². The van der Waals surface area contributed by atoms with E-state index in [9.17, 15) is 14.0 Å². The van der Waals surface area contributed by atoms with E-state index in [1.54, 1.807) is 12.1 Å². The molecule has 0 saturated carbocycles. The molecule has 2 aromatic rings. The Hall–Kier alpha value is -2.28. The van der Waals surface area contributed by atoms with Crippen LogP contribution in [0.5, 0.6) is 0 Å². The summed E-state index contributed by atoms with van der Waals surface area (Å²) in [6.07, 6.45) is 0.573. The normalized spacial score (nSPS) is 10.3. The minimum Gasteiger partial charge on any atom is -0.456 e. The second kappa shape index (κ2) is 7.65. The number of thiazole rings is 1. The maximum atomic E-state index is 12.9. The molecule has 0 atom stereocenters. The van der Waals surface area contributed by atoms with Crippen molar-refractivity contribution in [3.8, 4) is 10.6 Å². The molecule has 0 aliphatic carbocycles. The van der Waals surface area contributed by atoms with Gasteiger partial charge in [0.15, 0.2) is 6.61 Å². The molecule has 116 valence electrons. The zero-order valence-electron chi connectivity index (χ0n) is 12.0. The lowest BCUT2D eigenvalue weighted by molar-refractivity contribution is -0.146. The maximum Gasteiger partial charge on any atom is 0.303 e. The molecule has 0 aliphatic heterocycles. The van der Waals surface area contributed by atoms with Gasteiger partial charge in [0.05, 0.1) is 5.69 Å². The van der Waals surface area contributed by atoms with Gasteiger partial charge in [0.2, 0.25) is 0 Å². The van der Waals surface area contributed by atoms with Crippen LogP contribution in [0.2, 0.25) is 0 Å². The third kappa shape index (κ3) is 4.92. The molecule has 5 nitrogen and oxygen atoms in total. The van der Waals surface area contributed by atoms with Gasteiger partial charge >= 0.3 is 5.97 Å². The molecule has 1 amide bonds. The summed E-state index contributed by atoms with van der Waals surface area (Å²) in [5.41, 5.74) is 1.70. The summed E-state index contributed by atoms with van der Waals surface area (Å²) in [5, 5.41) is 5.35. The Kier molecular flexibility index (Phi) is 5.60. The Morgan fingerprint density at radius 2 is 2.05 bits per heavy atom. The molecule has 1 aromatic heterocycles. The van der Waals surface area contributed by atoms with E-state index in [-0.39, 0.29) is 18.3 Å². The van der Waals surface area contributed by atoms with Gasteiger partial charge in [-0.05, 0) is 24.3 Å². The Balaban J connectivity index is 1.81. The fourth-order valence-corrected chi connectivity index (χ4v) is 2.56. The van der Waals surface area contributed by atoms with E-state index >= 15 is 0 Å². The van der Waals surface area contributed by atoms with E-state index < -0.39 is 5.97 Å². The number of aromatic nitrogens is 1. The van der Waals surface area contributed by atoms with Crippen LogP contribution in [0, 0.1) is 5.82 Å². The Labute approximate surface area is 131 Å². The number of nitrogens with one attached hydrogen (secondary N) is 1. The number of carbonyl (C=O) groups is 2. The van der Waals surface area contributed by atoms with Crippen molar-refractivity contribution in [1.29, 1.82) is 0 Å². The van der Waals surface area contributed by atoms with Crippen LogP contribution in [0.25, 0.3) is 10.6 Å². The second-order valence-corrected chi connectivity index (χ2v) is 5.39. The molecule has 0 fully saturated rings. The van der Waals surface area contributed by atoms with E-state index in [0.717, 1.165) is 16.3 Å². The number of nitrogens with zero attached hydrogens (tertiary/aromatic N) is 1. The zero-order valence-corrected chi connectivity index (χ0v) is 12.8. The molecule has 0 unspecified atom stereocenters. The molecular formula is C15H15FN2O3S. The van der Waals surface area contributed by atoms with Gasteiger partial charge in [0.1, 0.15) is 10.8 Å². The standard InChI is InChI=1S/C15H15FN2O3S/c1-10(19)21-8-14(20)17-7-6-13-9-22-15(18-13)11-2-4-12(16)5-3-11/h2-5,9H,6-8H2,1H3,(H,17,20). The van der Waals surface area contributed by atoms with Gasteiger partial charge in [-0.15, -0.1) is 11.3 Å². The number of rotatable bonds is 6. The van der Waals surface area contributed by atoms with Crippen molar-refractivity contribution >= 4 is 23.2 Å². The van der Waals surface area contributed by atoms with Crippen molar-refractivity contribution < 1.29 is 18.7 Å². The van der Waals surface area contributed by atoms with Crippen molar-refractivity contribution in [2.45, 2.75) is 13.3 Å². The number of esters is 1. The van der Waals surface area contributed by atoms with E-state index in [1.807, 2.05) is 5.38 Å². The third-order valence-electron chi connectivity index (χ3n) is 2.75. The Morgan fingerprint density at radius 1 is 1.32 bits per heavy atom. The van der Waals surface area contributed by atoms with Crippen molar-refractivity contribution in [3.05, 3.63) is 41.2 Å². The van der Waals surface area contributed by atoms with Crippen LogP contribution in [0.3, 0.4) is 0 Å². The van der Waals surface area contributed by atoms with E-state index in [2.05, 4.69) is 15.0 Å². The summed E-state index contributed by atoms with van der Waals surface area (Å²) >= 11 is 1.47. The van der Waals surface area contributed by atoms with Crippen molar-refractivity contribution in [2.75, 3.05) is 13.2 Å². The number of halogens is 1. The molecular weight excluding hydrogens is 307 g/mol. The van der Waals surface area contributed by atoms with Crippen LogP contribution < -0.4 is 5.32 Å². The number of carbonyl (C=O) groups excluding carboxylic acids is 2. The van der Waals surface area contributed by atoms with E-state index in [0.29, 0.717) is 13.0 Å². The highest BCUT2D eigenvalue weighted by Gasteiger charge is 2.07. The average Bonchev–Trinajstić information content (AvgIpc) is 2.95. The van der Waals surface area contributed by atoms with Crippen LogP contribution in [-0.2, 0) is 20.7 Å².